The molecule has 60 valence electrons. The van der Waals surface area contributed by atoms with Gasteiger partial charge in [0.15, 0.2) is 0 Å². The van der Waals surface area contributed by atoms with Gasteiger partial charge in [0.2, 0.25) is 0 Å². The van der Waals surface area contributed by atoms with Gasteiger partial charge < -0.3 is 4.55 Å². The standard InChI is InChI=1S/C6H5IO3S.Na/c7-5-2-1-3-6(4-5)11(8,9)10;/h1-4H,(H,8,9,10);/q;+1/p-1. The predicted molar refractivity (Wildman–Crippen MR) is 47.1 cm³/mol. The van der Waals surface area contributed by atoms with Crippen LogP contribution >= 0.6 is 22.6 Å². The van der Waals surface area contributed by atoms with Crippen molar-refractivity contribution in [1.82, 2.24) is 0 Å². The molecule has 1 aromatic carbocycles. The van der Waals surface area contributed by atoms with E-state index < -0.39 is 10.1 Å². The van der Waals surface area contributed by atoms with E-state index in [0.717, 1.165) is 3.57 Å². The molecule has 0 saturated carbocycles. The van der Waals surface area contributed by atoms with Gasteiger partial charge in [0, 0.05) is 3.57 Å². The summed E-state index contributed by atoms with van der Waals surface area (Å²) in [6.45, 7) is 0. The summed E-state index contributed by atoms with van der Waals surface area (Å²) in [5.74, 6) is 0. The molecule has 0 fully saturated rings. The molecule has 0 radical (unpaired) electrons. The average molecular weight is 306 g/mol. The molecule has 0 atom stereocenters. The van der Waals surface area contributed by atoms with Crippen LogP contribution in [-0.4, -0.2) is 13.0 Å². The van der Waals surface area contributed by atoms with E-state index in [1.807, 2.05) is 22.6 Å². The summed E-state index contributed by atoms with van der Waals surface area (Å²) in [4.78, 5) is -0.176. The van der Waals surface area contributed by atoms with Gasteiger partial charge in [0.25, 0.3) is 0 Å². The Kier molecular flexibility index (Phi) is 5.27. The fourth-order valence-electron chi connectivity index (χ4n) is 0.623. The van der Waals surface area contributed by atoms with Crippen molar-refractivity contribution < 1.29 is 42.5 Å². The van der Waals surface area contributed by atoms with E-state index in [-0.39, 0.29) is 34.5 Å². The quantitative estimate of drug-likeness (QED) is 0.349. The molecular formula is C6H4INaO3S. The first-order valence-electron chi connectivity index (χ1n) is 2.71. The Morgan fingerprint density at radius 3 is 2.25 bits per heavy atom. The van der Waals surface area contributed by atoms with E-state index in [0.29, 0.717) is 0 Å². The van der Waals surface area contributed by atoms with Crippen LogP contribution < -0.4 is 29.6 Å². The van der Waals surface area contributed by atoms with Crippen molar-refractivity contribution in [2.75, 3.05) is 0 Å². The summed E-state index contributed by atoms with van der Waals surface area (Å²) in [5, 5.41) is 0. The molecule has 0 aliphatic heterocycles. The number of hydrogen-bond acceptors (Lipinski definition) is 3. The van der Waals surface area contributed by atoms with Crippen LogP contribution in [0.3, 0.4) is 0 Å². The van der Waals surface area contributed by atoms with E-state index in [9.17, 15) is 13.0 Å². The van der Waals surface area contributed by atoms with Crippen molar-refractivity contribution in [2.24, 2.45) is 0 Å². The van der Waals surface area contributed by atoms with Crippen LogP contribution in [0.4, 0.5) is 0 Å². The Morgan fingerprint density at radius 1 is 1.33 bits per heavy atom. The van der Waals surface area contributed by atoms with Crippen molar-refractivity contribution >= 4 is 32.7 Å². The van der Waals surface area contributed by atoms with Gasteiger partial charge in [-0.25, -0.2) is 8.42 Å². The Hall–Kier alpha value is 0.860. The Morgan fingerprint density at radius 2 is 1.92 bits per heavy atom. The third kappa shape index (κ3) is 3.71. The molecule has 1 rings (SSSR count). The minimum atomic E-state index is -4.28. The molecular weight excluding hydrogens is 302 g/mol. The zero-order valence-electron chi connectivity index (χ0n) is 6.32. The summed E-state index contributed by atoms with van der Waals surface area (Å²) in [5.41, 5.74) is 0. The monoisotopic (exact) mass is 306 g/mol. The van der Waals surface area contributed by atoms with Gasteiger partial charge in [-0.15, -0.1) is 0 Å². The molecule has 12 heavy (non-hydrogen) atoms. The van der Waals surface area contributed by atoms with Gasteiger partial charge in [0.1, 0.15) is 10.1 Å². The van der Waals surface area contributed by atoms with E-state index in [1.54, 1.807) is 6.07 Å². The SMILES string of the molecule is O=S(=O)([O-])c1cccc(I)c1.[Na+]. The van der Waals surface area contributed by atoms with Crippen molar-refractivity contribution in [3.05, 3.63) is 27.8 Å². The van der Waals surface area contributed by atoms with Crippen molar-refractivity contribution in [1.29, 1.82) is 0 Å². The number of rotatable bonds is 1. The second kappa shape index (κ2) is 4.92. The summed E-state index contributed by atoms with van der Waals surface area (Å²) in [6.07, 6.45) is 0. The molecule has 0 spiro atoms. The normalized spacial score (nSPS) is 10.5. The Balaban J connectivity index is 0.00000121. The van der Waals surface area contributed by atoms with Crippen LogP contribution in [-0.2, 0) is 10.1 Å². The number of benzene rings is 1. The molecule has 0 aliphatic carbocycles. The molecule has 0 saturated heterocycles. The molecule has 0 heterocycles. The van der Waals surface area contributed by atoms with Gasteiger partial charge in [0.05, 0.1) is 4.90 Å². The zero-order valence-corrected chi connectivity index (χ0v) is 11.3. The zero-order chi connectivity index (χ0) is 8.48. The molecule has 0 N–H and O–H groups in total. The smallest absolute Gasteiger partial charge is 0.744 e. The predicted octanol–water partition coefficient (Wildman–Crippen LogP) is -1.80. The minimum absolute atomic E-state index is 0. The topological polar surface area (TPSA) is 57.2 Å². The van der Waals surface area contributed by atoms with Crippen LogP contribution in [0, 0.1) is 3.57 Å². The van der Waals surface area contributed by atoms with Gasteiger partial charge in [-0.2, -0.15) is 0 Å². The maximum absolute atomic E-state index is 10.4. The van der Waals surface area contributed by atoms with Crippen LogP contribution in [0.1, 0.15) is 0 Å². The van der Waals surface area contributed by atoms with E-state index >= 15 is 0 Å². The van der Waals surface area contributed by atoms with E-state index in [1.165, 1.54) is 18.2 Å². The second-order valence-electron chi connectivity index (χ2n) is 1.91. The summed E-state index contributed by atoms with van der Waals surface area (Å²) in [7, 11) is -4.28. The second-order valence-corrected chi connectivity index (χ2v) is 4.54. The van der Waals surface area contributed by atoms with Crippen LogP contribution in [0.5, 0.6) is 0 Å². The molecule has 0 aromatic heterocycles. The Labute approximate surface area is 107 Å². The molecule has 1 aromatic rings. The molecule has 0 bridgehead atoms. The maximum Gasteiger partial charge on any atom is 1.00 e. The van der Waals surface area contributed by atoms with Gasteiger partial charge >= 0.3 is 29.6 Å². The first-order chi connectivity index (χ1) is 5.00. The largest absolute Gasteiger partial charge is 1.00 e. The van der Waals surface area contributed by atoms with Gasteiger partial charge in [-0.1, -0.05) is 6.07 Å². The van der Waals surface area contributed by atoms with Crippen molar-refractivity contribution in [3.63, 3.8) is 0 Å². The summed E-state index contributed by atoms with van der Waals surface area (Å²) >= 11 is 1.94. The molecule has 6 heteroatoms. The molecule has 0 amide bonds. The third-order valence-electron chi connectivity index (χ3n) is 1.08. The van der Waals surface area contributed by atoms with Crippen molar-refractivity contribution in [3.8, 4) is 0 Å². The van der Waals surface area contributed by atoms with Crippen LogP contribution in [0.2, 0.25) is 0 Å². The first kappa shape index (κ1) is 12.9. The Bertz CT molecular complexity index is 363. The summed E-state index contributed by atoms with van der Waals surface area (Å²) < 4.78 is 32.0. The van der Waals surface area contributed by atoms with Gasteiger partial charge in [-0.05, 0) is 40.8 Å². The number of hydrogen-bond donors (Lipinski definition) is 0. The fourth-order valence-corrected chi connectivity index (χ4v) is 1.89. The minimum Gasteiger partial charge on any atom is -0.744 e. The van der Waals surface area contributed by atoms with E-state index in [4.69, 9.17) is 0 Å². The molecule has 0 unspecified atom stereocenters. The fraction of sp³-hybridized carbons (Fsp3) is 0. The van der Waals surface area contributed by atoms with Crippen LogP contribution in [0.15, 0.2) is 29.2 Å². The van der Waals surface area contributed by atoms with E-state index in [2.05, 4.69) is 0 Å². The molecule has 0 aliphatic rings. The van der Waals surface area contributed by atoms with Crippen molar-refractivity contribution in [2.45, 2.75) is 4.90 Å². The maximum atomic E-state index is 10.4. The van der Waals surface area contributed by atoms with Crippen LogP contribution in [0.25, 0.3) is 0 Å². The summed E-state index contributed by atoms with van der Waals surface area (Å²) in [6, 6.07) is 5.87. The third-order valence-corrected chi connectivity index (χ3v) is 2.59. The first-order valence-corrected chi connectivity index (χ1v) is 5.20. The average Bonchev–Trinajstić information content (AvgIpc) is 1.86. The molecule has 3 nitrogen and oxygen atoms in total. The number of halogens is 1. The van der Waals surface area contributed by atoms with Gasteiger partial charge in [-0.3, -0.25) is 0 Å².